The van der Waals surface area contributed by atoms with Crippen LogP contribution in [-0.4, -0.2) is 47.0 Å². The molecule has 2 aromatic carbocycles. The van der Waals surface area contributed by atoms with Crippen molar-refractivity contribution >= 4 is 22.5 Å². The van der Waals surface area contributed by atoms with Gasteiger partial charge in [0.2, 0.25) is 0 Å². The summed E-state index contributed by atoms with van der Waals surface area (Å²) < 4.78 is 52.1. The van der Waals surface area contributed by atoms with Gasteiger partial charge < -0.3 is 14.8 Å². The summed E-state index contributed by atoms with van der Waals surface area (Å²) >= 11 is 0. The number of aromatic nitrogens is 2. The number of nitrogens with one attached hydrogen (secondary N) is 1. The molecule has 1 fully saturated rings. The number of hydrogen-bond donors (Lipinski definition) is 1. The summed E-state index contributed by atoms with van der Waals surface area (Å²) in [5.41, 5.74) is -0.0965. The molecule has 0 unspecified atom stereocenters. The lowest BCUT2D eigenvalue weighted by Crippen LogP contribution is -2.25. The average molecular weight is 523 g/mol. The van der Waals surface area contributed by atoms with Crippen LogP contribution < -0.4 is 14.8 Å². The van der Waals surface area contributed by atoms with E-state index < -0.39 is 17.6 Å². The Bertz CT molecular complexity index is 1420. The van der Waals surface area contributed by atoms with Crippen molar-refractivity contribution in [3.63, 3.8) is 0 Å². The molecule has 0 bridgehead atoms. The Morgan fingerprint density at radius 3 is 2.50 bits per heavy atom. The van der Waals surface area contributed by atoms with Crippen molar-refractivity contribution in [2.24, 2.45) is 0 Å². The van der Waals surface area contributed by atoms with Crippen LogP contribution in [0.5, 0.6) is 17.2 Å². The van der Waals surface area contributed by atoms with Crippen molar-refractivity contribution in [2.75, 3.05) is 31.6 Å². The molecular formula is C28H25F3N4O3. The Morgan fingerprint density at radius 2 is 1.74 bits per heavy atom. The highest BCUT2D eigenvalue weighted by Crippen LogP contribution is 2.34. The molecule has 0 spiro atoms. The van der Waals surface area contributed by atoms with E-state index in [0.29, 0.717) is 28.9 Å². The number of alkyl halides is 3. The van der Waals surface area contributed by atoms with Crippen molar-refractivity contribution in [2.45, 2.75) is 19.0 Å². The number of anilines is 1. The number of halogens is 3. The van der Waals surface area contributed by atoms with E-state index in [0.717, 1.165) is 38.1 Å². The molecule has 1 aliphatic rings. The standard InChI is InChI=1S/C28H25F3N4O3/c29-28(30,31)21-15-22(17-25(16-21)37-12-11-35-9-1-2-10-35)34-27(36)20-13-19-14-24(3-4-26(19)33-18-20)38-23-5-7-32-8-6-23/h3-8,13-18H,1-2,9-12H2,(H,34,36). The van der Waals surface area contributed by atoms with Gasteiger partial charge in [-0.3, -0.25) is 19.7 Å². The fourth-order valence-electron chi connectivity index (χ4n) is 4.26. The van der Waals surface area contributed by atoms with E-state index in [-0.39, 0.29) is 23.6 Å². The molecule has 2 aromatic heterocycles. The summed E-state index contributed by atoms with van der Waals surface area (Å²) in [6.07, 6.45) is 2.23. The molecule has 1 amide bonds. The summed E-state index contributed by atoms with van der Waals surface area (Å²) in [6.45, 7) is 2.82. The highest BCUT2D eigenvalue weighted by atomic mass is 19.4. The molecule has 4 aromatic rings. The summed E-state index contributed by atoms with van der Waals surface area (Å²) in [4.78, 5) is 23.4. The molecule has 1 N–H and O–H groups in total. The Morgan fingerprint density at radius 1 is 0.947 bits per heavy atom. The van der Waals surface area contributed by atoms with Crippen LogP contribution in [0, 0.1) is 0 Å². The largest absolute Gasteiger partial charge is 0.492 e. The number of rotatable bonds is 8. The van der Waals surface area contributed by atoms with Gasteiger partial charge in [-0.05, 0) is 74.5 Å². The van der Waals surface area contributed by atoms with Gasteiger partial charge in [0.15, 0.2) is 0 Å². The molecule has 1 aliphatic heterocycles. The second-order valence-corrected chi connectivity index (χ2v) is 8.96. The maximum atomic E-state index is 13.5. The first-order chi connectivity index (χ1) is 18.3. The lowest BCUT2D eigenvalue weighted by molar-refractivity contribution is -0.137. The van der Waals surface area contributed by atoms with Crippen LogP contribution in [0.25, 0.3) is 10.9 Å². The van der Waals surface area contributed by atoms with Crippen LogP contribution in [0.3, 0.4) is 0 Å². The number of carbonyl (C=O) groups is 1. The zero-order chi connectivity index (χ0) is 26.5. The topological polar surface area (TPSA) is 76.6 Å². The van der Waals surface area contributed by atoms with Crippen molar-refractivity contribution in [3.8, 4) is 17.2 Å². The second kappa shape index (κ2) is 11.1. The van der Waals surface area contributed by atoms with Crippen LogP contribution in [0.2, 0.25) is 0 Å². The van der Waals surface area contributed by atoms with Crippen molar-refractivity contribution < 1.29 is 27.4 Å². The molecule has 3 heterocycles. The first kappa shape index (κ1) is 25.5. The predicted molar refractivity (Wildman–Crippen MR) is 137 cm³/mol. The van der Waals surface area contributed by atoms with Gasteiger partial charge in [-0.15, -0.1) is 0 Å². The molecule has 196 valence electrons. The Kier molecular flexibility index (Phi) is 7.41. The number of fused-ring (bicyclic) bond motifs is 1. The Hall–Kier alpha value is -4.18. The third kappa shape index (κ3) is 6.38. The normalized spacial score (nSPS) is 14.0. The van der Waals surface area contributed by atoms with Gasteiger partial charge in [-0.25, -0.2) is 0 Å². The van der Waals surface area contributed by atoms with Gasteiger partial charge in [0, 0.05) is 42.3 Å². The fraction of sp³-hybridized carbons (Fsp3) is 0.250. The predicted octanol–water partition coefficient (Wildman–Crippen LogP) is 6.17. The number of pyridine rings is 2. The number of carbonyl (C=O) groups excluding carboxylic acids is 1. The van der Waals surface area contributed by atoms with E-state index in [2.05, 4.69) is 20.2 Å². The molecule has 7 nitrogen and oxygen atoms in total. The molecule has 0 atom stereocenters. The number of nitrogens with zero attached hydrogens (tertiary/aromatic N) is 3. The second-order valence-electron chi connectivity index (χ2n) is 8.96. The van der Waals surface area contributed by atoms with Crippen LogP contribution >= 0.6 is 0 Å². The number of amides is 1. The van der Waals surface area contributed by atoms with Crippen molar-refractivity contribution in [1.29, 1.82) is 0 Å². The monoisotopic (exact) mass is 522 g/mol. The maximum absolute atomic E-state index is 13.5. The first-order valence-electron chi connectivity index (χ1n) is 12.2. The molecule has 0 radical (unpaired) electrons. The summed E-state index contributed by atoms with van der Waals surface area (Å²) in [6, 6.07) is 13.5. The van der Waals surface area contributed by atoms with E-state index in [9.17, 15) is 18.0 Å². The van der Waals surface area contributed by atoms with Gasteiger partial charge in [-0.1, -0.05) is 0 Å². The third-order valence-corrected chi connectivity index (χ3v) is 6.17. The minimum Gasteiger partial charge on any atom is -0.492 e. The van der Waals surface area contributed by atoms with Crippen LogP contribution in [0.15, 0.2) is 73.2 Å². The van der Waals surface area contributed by atoms with Crippen LogP contribution in [0.1, 0.15) is 28.8 Å². The van der Waals surface area contributed by atoms with Gasteiger partial charge in [0.05, 0.1) is 16.6 Å². The van der Waals surface area contributed by atoms with Gasteiger partial charge in [0.25, 0.3) is 5.91 Å². The molecule has 1 saturated heterocycles. The highest BCUT2D eigenvalue weighted by molar-refractivity contribution is 6.06. The number of hydrogen-bond acceptors (Lipinski definition) is 6. The maximum Gasteiger partial charge on any atom is 0.416 e. The smallest absolute Gasteiger partial charge is 0.416 e. The summed E-state index contributed by atoms with van der Waals surface area (Å²) in [5.74, 6) is 0.590. The lowest BCUT2D eigenvalue weighted by Gasteiger charge is -2.17. The summed E-state index contributed by atoms with van der Waals surface area (Å²) in [5, 5.41) is 3.19. The molecule has 0 saturated carbocycles. The molecule has 5 rings (SSSR count). The van der Waals surface area contributed by atoms with Crippen LogP contribution in [-0.2, 0) is 6.18 Å². The van der Waals surface area contributed by atoms with Crippen molar-refractivity contribution in [3.05, 3.63) is 84.3 Å². The van der Waals surface area contributed by atoms with E-state index in [1.54, 1.807) is 48.8 Å². The van der Waals surface area contributed by atoms with E-state index in [1.165, 1.54) is 12.3 Å². The molecule has 10 heteroatoms. The lowest BCUT2D eigenvalue weighted by atomic mass is 10.1. The van der Waals surface area contributed by atoms with Crippen molar-refractivity contribution in [1.82, 2.24) is 14.9 Å². The van der Waals surface area contributed by atoms with Gasteiger partial charge in [0.1, 0.15) is 23.9 Å². The molecule has 38 heavy (non-hydrogen) atoms. The van der Waals surface area contributed by atoms with E-state index in [1.807, 2.05) is 0 Å². The zero-order valence-corrected chi connectivity index (χ0v) is 20.4. The SMILES string of the molecule is O=C(Nc1cc(OCCN2CCCC2)cc(C(F)(F)F)c1)c1cnc2ccc(Oc3ccncc3)cc2c1. The number of benzene rings is 2. The van der Waals surface area contributed by atoms with Gasteiger partial charge >= 0.3 is 6.18 Å². The third-order valence-electron chi connectivity index (χ3n) is 6.17. The minimum absolute atomic E-state index is 0.0177. The Labute approximate surface area is 217 Å². The molecular weight excluding hydrogens is 497 g/mol. The quantitative estimate of drug-likeness (QED) is 0.298. The van der Waals surface area contributed by atoms with Crippen LogP contribution in [0.4, 0.5) is 18.9 Å². The minimum atomic E-state index is -4.59. The Balaban J connectivity index is 1.33. The zero-order valence-electron chi connectivity index (χ0n) is 20.4. The summed E-state index contributed by atoms with van der Waals surface area (Å²) in [7, 11) is 0. The van der Waals surface area contributed by atoms with Gasteiger partial charge in [-0.2, -0.15) is 13.2 Å². The highest BCUT2D eigenvalue weighted by Gasteiger charge is 2.31. The van der Waals surface area contributed by atoms with E-state index >= 15 is 0 Å². The fourth-order valence-corrected chi connectivity index (χ4v) is 4.26. The number of ether oxygens (including phenoxy) is 2. The van der Waals surface area contributed by atoms with E-state index in [4.69, 9.17) is 9.47 Å². The molecule has 0 aliphatic carbocycles. The average Bonchev–Trinajstić information content (AvgIpc) is 3.42. The number of likely N-dealkylation sites (tertiary alicyclic amines) is 1. The first-order valence-corrected chi connectivity index (χ1v) is 12.2.